The minimum absolute atomic E-state index is 0.125. The van der Waals surface area contributed by atoms with Gasteiger partial charge in [-0.15, -0.1) is 0 Å². The van der Waals surface area contributed by atoms with Crippen LogP contribution >= 0.6 is 0 Å². The zero-order valence-corrected chi connectivity index (χ0v) is 13.2. The normalized spacial score (nSPS) is 15.6. The highest BCUT2D eigenvalue weighted by Crippen LogP contribution is 2.12. The van der Waals surface area contributed by atoms with Gasteiger partial charge in [-0.05, 0) is 46.5 Å². The molecule has 18 heavy (non-hydrogen) atoms. The van der Waals surface area contributed by atoms with Crippen molar-refractivity contribution in [1.82, 2.24) is 5.32 Å². The van der Waals surface area contributed by atoms with Crippen LogP contribution < -0.4 is 5.32 Å². The Morgan fingerprint density at radius 2 is 1.78 bits per heavy atom. The molecule has 0 aliphatic rings. The van der Waals surface area contributed by atoms with Crippen LogP contribution in [0.2, 0.25) is 0 Å². The molecule has 3 nitrogen and oxygen atoms in total. The van der Waals surface area contributed by atoms with Gasteiger partial charge in [-0.3, -0.25) is 4.79 Å². The summed E-state index contributed by atoms with van der Waals surface area (Å²) in [4.78, 5) is 12.1. The van der Waals surface area contributed by atoms with E-state index in [1.807, 2.05) is 20.8 Å². The summed E-state index contributed by atoms with van der Waals surface area (Å²) >= 11 is 0. The van der Waals surface area contributed by atoms with Crippen molar-refractivity contribution in [2.45, 2.75) is 85.4 Å². The maximum Gasteiger partial charge on any atom is 0.323 e. The molecule has 0 radical (unpaired) electrons. The molecule has 0 rings (SSSR count). The molecule has 0 heterocycles. The standard InChI is InChI=1S/C15H31NO2/c1-8-9-13(14(17)18-15(5,6)7)16-12(4)10-11(2)3/h11-13,16H,8-10H2,1-7H3/t12-,13+/m1/s1. The van der Waals surface area contributed by atoms with Crippen molar-refractivity contribution in [2.75, 3.05) is 0 Å². The fourth-order valence-electron chi connectivity index (χ4n) is 2.05. The number of hydrogen-bond acceptors (Lipinski definition) is 3. The molecule has 2 atom stereocenters. The third-order valence-electron chi connectivity index (χ3n) is 2.58. The van der Waals surface area contributed by atoms with Gasteiger partial charge in [-0.25, -0.2) is 0 Å². The van der Waals surface area contributed by atoms with Gasteiger partial charge in [0.2, 0.25) is 0 Å². The van der Waals surface area contributed by atoms with Crippen molar-refractivity contribution >= 4 is 5.97 Å². The van der Waals surface area contributed by atoms with E-state index in [0.717, 1.165) is 19.3 Å². The molecule has 0 aliphatic carbocycles. The highest BCUT2D eigenvalue weighted by Gasteiger charge is 2.25. The van der Waals surface area contributed by atoms with E-state index < -0.39 is 5.60 Å². The monoisotopic (exact) mass is 257 g/mol. The van der Waals surface area contributed by atoms with Crippen molar-refractivity contribution in [3.8, 4) is 0 Å². The van der Waals surface area contributed by atoms with E-state index in [9.17, 15) is 4.79 Å². The first-order valence-corrected chi connectivity index (χ1v) is 7.14. The average molecular weight is 257 g/mol. The van der Waals surface area contributed by atoms with Crippen molar-refractivity contribution in [3.63, 3.8) is 0 Å². The lowest BCUT2D eigenvalue weighted by molar-refractivity contribution is -0.158. The number of hydrogen-bond donors (Lipinski definition) is 1. The van der Waals surface area contributed by atoms with Crippen LogP contribution in [0.25, 0.3) is 0 Å². The Morgan fingerprint density at radius 1 is 1.22 bits per heavy atom. The summed E-state index contributed by atoms with van der Waals surface area (Å²) in [6.07, 6.45) is 2.88. The van der Waals surface area contributed by atoms with E-state index in [1.165, 1.54) is 0 Å². The summed E-state index contributed by atoms with van der Waals surface area (Å²) in [7, 11) is 0. The van der Waals surface area contributed by atoms with E-state index >= 15 is 0 Å². The first kappa shape index (κ1) is 17.4. The summed E-state index contributed by atoms with van der Waals surface area (Å²) in [5, 5.41) is 3.40. The van der Waals surface area contributed by atoms with E-state index in [1.54, 1.807) is 0 Å². The largest absolute Gasteiger partial charge is 0.459 e. The number of carbonyl (C=O) groups is 1. The van der Waals surface area contributed by atoms with Gasteiger partial charge in [0.1, 0.15) is 11.6 Å². The fourth-order valence-corrected chi connectivity index (χ4v) is 2.05. The van der Waals surface area contributed by atoms with Crippen LogP contribution in [0.5, 0.6) is 0 Å². The minimum Gasteiger partial charge on any atom is -0.459 e. The number of ether oxygens (including phenoxy) is 1. The Kier molecular flexibility index (Phi) is 7.53. The van der Waals surface area contributed by atoms with Gasteiger partial charge in [0.25, 0.3) is 0 Å². The van der Waals surface area contributed by atoms with Gasteiger partial charge in [0.05, 0.1) is 0 Å². The summed E-state index contributed by atoms with van der Waals surface area (Å²) in [6.45, 7) is 14.3. The molecule has 0 fully saturated rings. The van der Waals surface area contributed by atoms with Gasteiger partial charge in [-0.2, -0.15) is 0 Å². The Hall–Kier alpha value is -0.570. The Labute approximate surface area is 113 Å². The summed E-state index contributed by atoms with van der Waals surface area (Å²) < 4.78 is 5.46. The van der Waals surface area contributed by atoms with Gasteiger partial charge in [0.15, 0.2) is 0 Å². The minimum atomic E-state index is -0.411. The van der Waals surface area contributed by atoms with Crippen molar-refractivity contribution in [1.29, 1.82) is 0 Å². The summed E-state index contributed by atoms with van der Waals surface area (Å²) in [5.74, 6) is 0.508. The number of esters is 1. The van der Waals surface area contributed by atoms with Crippen molar-refractivity contribution in [2.24, 2.45) is 5.92 Å². The van der Waals surface area contributed by atoms with Crippen molar-refractivity contribution in [3.05, 3.63) is 0 Å². The molecule has 1 N–H and O–H groups in total. The first-order valence-electron chi connectivity index (χ1n) is 7.14. The molecule has 0 saturated heterocycles. The lowest BCUT2D eigenvalue weighted by atomic mass is 10.0. The highest BCUT2D eigenvalue weighted by atomic mass is 16.6. The van der Waals surface area contributed by atoms with Crippen LogP contribution in [0.15, 0.2) is 0 Å². The third kappa shape index (κ3) is 8.51. The van der Waals surface area contributed by atoms with Gasteiger partial charge < -0.3 is 10.1 Å². The molecule has 3 heteroatoms. The number of rotatable bonds is 7. The average Bonchev–Trinajstić information content (AvgIpc) is 2.12. The number of carbonyl (C=O) groups excluding carboxylic acids is 1. The molecule has 0 aliphatic heterocycles. The van der Waals surface area contributed by atoms with E-state index in [0.29, 0.717) is 12.0 Å². The molecule has 0 saturated carbocycles. The predicted molar refractivity (Wildman–Crippen MR) is 76.6 cm³/mol. The molecule has 0 aromatic heterocycles. The van der Waals surface area contributed by atoms with Crippen LogP contribution in [0.1, 0.15) is 67.7 Å². The van der Waals surface area contributed by atoms with Crippen LogP contribution in [0, 0.1) is 5.92 Å². The second-order valence-electron chi connectivity index (χ2n) is 6.57. The zero-order valence-electron chi connectivity index (χ0n) is 13.2. The van der Waals surface area contributed by atoms with E-state index in [-0.39, 0.29) is 12.0 Å². The molecule has 108 valence electrons. The Morgan fingerprint density at radius 3 is 2.17 bits per heavy atom. The quantitative estimate of drug-likeness (QED) is 0.709. The molecule has 0 aromatic carbocycles. The van der Waals surface area contributed by atoms with Crippen LogP contribution in [-0.2, 0) is 9.53 Å². The summed E-state index contributed by atoms with van der Waals surface area (Å²) in [5.41, 5.74) is -0.411. The lowest BCUT2D eigenvalue weighted by Crippen LogP contribution is -2.45. The molecular weight excluding hydrogens is 226 g/mol. The second kappa shape index (κ2) is 7.78. The molecule has 0 unspecified atom stereocenters. The van der Waals surface area contributed by atoms with Crippen LogP contribution in [-0.4, -0.2) is 23.7 Å². The molecule has 0 spiro atoms. The molecule has 0 aromatic rings. The lowest BCUT2D eigenvalue weighted by Gasteiger charge is -2.27. The van der Waals surface area contributed by atoms with Gasteiger partial charge in [0, 0.05) is 6.04 Å². The second-order valence-corrected chi connectivity index (χ2v) is 6.57. The SMILES string of the molecule is CCC[C@H](N[C@H](C)CC(C)C)C(=O)OC(C)(C)C. The maximum absolute atomic E-state index is 12.1. The molecular formula is C15H31NO2. The van der Waals surface area contributed by atoms with E-state index in [2.05, 4.69) is 33.0 Å². The van der Waals surface area contributed by atoms with Crippen LogP contribution in [0.4, 0.5) is 0 Å². The van der Waals surface area contributed by atoms with Gasteiger partial charge in [-0.1, -0.05) is 27.2 Å². The molecule has 0 bridgehead atoms. The van der Waals surface area contributed by atoms with Gasteiger partial charge >= 0.3 is 5.97 Å². The van der Waals surface area contributed by atoms with E-state index in [4.69, 9.17) is 4.74 Å². The predicted octanol–water partition coefficient (Wildman–Crippen LogP) is 3.52. The summed E-state index contributed by atoms with van der Waals surface area (Å²) in [6, 6.07) is 0.164. The smallest absolute Gasteiger partial charge is 0.323 e. The van der Waals surface area contributed by atoms with Crippen molar-refractivity contribution < 1.29 is 9.53 Å². The zero-order chi connectivity index (χ0) is 14.3. The molecule has 0 amide bonds. The third-order valence-corrected chi connectivity index (χ3v) is 2.58. The highest BCUT2D eigenvalue weighted by molar-refractivity contribution is 5.76. The maximum atomic E-state index is 12.1. The van der Waals surface area contributed by atoms with Crippen LogP contribution in [0.3, 0.4) is 0 Å². The topological polar surface area (TPSA) is 38.3 Å². The first-order chi connectivity index (χ1) is 8.15. The number of nitrogens with one attached hydrogen (secondary N) is 1. The Bertz CT molecular complexity index is 243. The Balaban J connectivity index is 4.41. The fraction of sp³-hybridized carbons (Fsp3) is 0.933.